The quantitative estimate of drug-likeness (QED) is 0.512. The Bertz CT molecular complexity index is 1100. The Kier molecular flexibility index (Phi) is 7.15. The van der Waals surface area contributed by atoms with Gasteiger partial charge >= 0.3 is 0 Å². The highest BCUT2D eigenvalue weighted by atomic mass is 35.5. The lowest BCUT2D eigenvalue weighted by Gasteiger charge is -2.35. The van der Waals surface area contributed by atoms with E-state index in [9.17, 15) is 9.18 Å². The van der Waals surface area contributed by atoms with Crippen LogP contribution >= 0.6 is 23.2 Å². The van der Waals surface area contributed by atoms with Crippen LogP contribution in [0.25, 0.3) is 11.3 Å². The van der Waals surface area contributed by atoms with E-state index in [0.29, 0.717) is 26.2 Å². The highest BCUT2D eigenvalue weighted by Gasteiger charge is 2.23. The summed E-state index contributed by atoms with van der Waals surface area (Å²) in [5.74, 6) is 0.858. The number of ether oxygens (including phenoxy) is 2. The SMILES string of the molecule is COc1ccc(-c2ccc(N3CCN(C(=O)COc4c(Cl)cc(F)cc4Cl)CC3)nn2)cc1. The lowest BCUT2D eigenvalue weighted by atomic mass is 10.1. The van der Waals surface area contributed by atoms with Crippen LogP contribution in [-0.4, -0.2) is 60.9 Å². The summed E-state index contributed by atoms with van der Waals surface area (Å²) in [5.41, 5.74) is 1.72. The van der Waals surface area contributed by atoms with Gasteiger partial charge < -0.3 is 19.3 Å². The van der Waals surface area contributed by atoms with Crippen molar-refractivity contribution in [3.05, 3.63) is 64.4 Å². The first-order valence-corrected chi connectivity index (χ1v) is 11.0. The highest BCUT2D eigenvalue weighted by molar-refractivity contribution is 6.37. The van der Waals surface area contributed by atoms with Gasteiger partial charge in [0.2, 0.25) is 0 Å². The Balaban J connectivity index is 1.30. The van der Waals surface area contributed by atoms with Gasteiger partial charge in [-0.2, -0.15) is 0 Å². The number of hydrogen-bond donors (Lipinski definition) is 0. The van der Waals surface area contributed by atoms with Crippen molar-refractivity contribution >= 4 is 34.9 Å². The molecule has 0 spiro atoms. The van der Waals surface area contributed by atoms with Crippen molar-refractivity contribution in [1.29, 1.82) is 0 Å². The van der Waals surface area contributed by atoms with Gasteiger partial charge in [0.25, 0.3) is 5.91 Å². The molecule has 1 saturated heterocycles. The van der Waals surface area contributed by atoms with Crippen LogP contribution in [0.1, 0.15) is 0 Å². The minimum absolute atomic E-state index is 0.0225. The maximum atomic E-state index is 13.3. The first-order valence-electron chi connectivity index (χ1n) is 10.2. The second-order valence-electron chi connectivity index (χ2n) is 7.36. The summed E-state index contributed by atoms with van der Waals surface area (Å²) in [7, 11) is 1.63. The summed E-state index contributed by atoms with van der Waals surface area (Å²) in [4.78, 5) is 16.3. The molecule has 10 heteroatoms. The number of anilines is 1. The Morgan fingerprint density at radius 3 is 2.24 bits per heavy atom. The van der Waals surface area contributed by atoms with Crippen molar-refractivity contribution < 1.29 is 18.7 Å². The molecule has 0 aliphatic carbocycles. The van der Waals surface area contributed by atoms with Crippen molar-refractivity contribution in [2.24, 2.45) is 0 Å². The van der Waals surface area contributed by atoms with Gasteiger partial charge in [0.05, 0.1) is 22.8 Å². The van der Waals surface area contributed by atoms with E-state index in [2.05, 4.69) is 15.1 Å². The normalized spacial score (nSPS) is 13.7. The molecule has 1 fully saturated rings. The minimum Gasteiger partial charge on any atom is -0.497 e. The molecule has 1 amide bonds. The van der Waals surface area contributed by atoms with Gasteiger partial charge in [-0.1, -0.05) is 23.2 Å². The number of hydrogen-bond acceptors (Lipinski definition) is 6. The lowest BCUT2D eigenvalue weighted by molar-refractivity contribution is -0.133. The molecule has 2 heterocycles. The van der Waals surface area contributed by atoms with Crippen LogP contribution in [-0.2, 0) is 4.79 Å². The first kappa shape index (κ1) is 23.1. The molecule has 1 aromatic heterocycles. The van der Waals surface area contributed by atoms with Gasteiger partial charge in [0.1, 0.15) is 11.6 Å². The molecular weight excluding hydrogens is 470 g/mol. The second kappa shape index (κ2) is 10.2. The summed E-state index contributed by atoms with van der Waals surface area (Å²) >= 11 is 11.9. The van der Waals surface area contributed by atoms with Gasteiger partial charge in [-0.25, -0.2) is 4.39 Å². The van der Waals surface area contributed by atoms with Crippen LogP contribution in [0.15, 0.2) is 48.5 Å². The minimum atomic E-state index is -0.570. The number of benzene rings is 2. The van der Waals surface area contributed by atoms with E-state index in [-0.39, 0.29) is 28.3 Å². The highest BCUT2D eigenvalue weighted by Crippen LogP contribution is 2.33. The number of carbonyl (C=O) groups excluding carboxylic acids is 1. The molecule has 1 aliphatic rings. The Morgan fingerprint density at radius 1 is 1.00 bits per heavy atom. The molecule has 2 aromatic carbocycles. The van der Waals surface area contributed by atoms with Crippen LogP contribution in [0.3, 0.4) is 0 Å². The zero-order valence-electron chi connectivity index (χ0n) is 17.8. The monoisotopic (exact) mass is 490 g/mol. The van der Waals surface area contributed by atoms with E-state index in [0.717, 1.165) is 35.0 Å². The van der Waals surface area contributed by atoms with E-state index in [1.165, 1.54) is 0 Å². The second-order valence-corrected chi connectivity index (χ2v) is 8.17. The van der Waals surface area contributed by atoms with Crippen LogP contribution in [0.2, 0.25) is 10.0 Å². The first-order chi connectivity index (χ1) is 15.9. The predicted molar refractivity (Wildman–Crippen MR) is 125 cm³/mol. The number of piperazine rings is 1. The fourth-order valence-electron chi connectivity index (χ4n) is 3.49. The van der Waals surface area contributed by atoms with Crippen LogP contribution < -0.4 is 14.4 Å². The number of aromatic nitrogens is 2. The molecule has 0 bridgehead atoms. The van der Waals surface area contributed by atoms with E-state index in [1.54, 1.807) is 12.0 Å². The lowest BCUT2D eigenvalue weighted by Crippen LogP contribution is -2.50. The van der Waals surface area contributed by atoms with Crippen molar-refractivity contribution in [3.8, 4) is 22.8 Å². The molecule has 0 saturated carbocycles. The molecule has 0 N–H and O–H groups in total. The summed E-state index contributed by atoms with van der Waals surface area (Å²) in [6.45, 7) is 2.01. The number of nitrogens with zero attached hydrogens (tertiary/aromatic N) is 4. The van der Waals surface area contributed by atoms with Gasteiger partial charge in [0.15, 0.2) is 18.2 Å². The standard InChI is InChI=1S/C23H21Cl2FN4O3/c1-32-17-4-2-15(3-5-17)20-6-7-21(28-27-20)29-8-10-30(11-9-29)22(31)14-33-23-18(24)12-16(26)13-19(23)25/h2-7,12-13H,8-11,14H2,1H3. The molecular formula is C23H21Cl2FN4O3. The van der Waals surface area contributed by atoms with Gasteiger partial charge in [-0.15, -0.1) is 10.2 Å². The van der Waals surface area contributed by atoms with Gasteiger partial charge in [-0.05, 0) is 48.5 Å². The maximum Gasteiger partial charge on any atom is 0.260 e. The van der Waals surface area contributed by atoms with Crippen LogP contribution in [0.4, 0.5) is 10.2 Å². The van der Waals surface area contributed by atoms with Crippen molar-refractivity contribution in [2.45, 2.75) is 0 Å². The molecule has 0 atom stereocenters. The Labute approximate surface area is 200 Å². The third kappa shape index (κ3) is 5.46. The molecule has 172 valence electrons. The summed E-state index contributed by atoms with van der Waals surface area (Å²) in [6.07, 6.45) is 0. The molecule has 3 aromatic rings. The van der Waals surface area contributed by atoms with Gasteiger partial charge in [0, 0.05) is 31.7 Å². The van der Waals surface area contributed by atoms with Crippen molar-refractivity contribution in [3.63, 3.8) is 0 Å². The van der Waals surface area contributed by atoms with E-state index < -0.39 is 5.82 Å². The Morgan fingerprint density at radius 2 is 1.67 bits per heavy atom. The summed E-state index contributed by atoms with van der Waals surface area (Å²) in [6, 6.07) is 13.6. The van der Waals surface area contributed by atoms with Crippen molar-refractivity contribution in [1.82, 2.24) is 15.1 Å². The number of methoxy groups -OCH3 is 1. The molecule has 33 heavy (non-hydrogen) atoms. The zero-order valence-corrected chi connectivity index (χ0v) is 19.3. The average molecular weight is 491 g/mol. The van der Waals surface area contributed by atoms with Gasteiger partial charge in [-0.3, -0.25) is 4.79 Å². The van der Waals surface area contributed by atoms with Crippen molar-refractivity contribution in [2.75, 3.05) is 44.8 Å². The van der Waals surface area contributed by atoms with E-state index >= 15 is 0 Å². The fourth-order valence-corrected chi connectivity index (χ4v) is 4.06. The third-order valence-corrected chi connectivity index (χ3v) is 5.86. The maximum absolute atomic E-state index is 13.3. The number of amides is 1. The van der Waals surface area contributed by atoms with Crippen LogP contribution in [0.5, 0.6) is 11.5 Å². The largest absolute Gasteiger partial charge is 0.497 e. The Hall–Kier alpha value is -3.10. The smallest absolute Gasteiger partial charge is 0.260 e. The predicted octanol–water partition coefficient (Wildman–Crippen LogP) is 4.33. The fraction of sp³-hybridized carbons (Fsp3) is 0.261. The molecule has 1 aliphatic heterocycles. The topological polar surface area (TPSA) is 67.8 Å². The summed E-state index contributed by atoms with van der Waals surface area (Å²) < 4.78 is 23.9. The summed E-state index contributed by atoms with van der Waals surface area (Å²) in [5, 5.41) is 8.73. The van der Waals surface area contributed by atoms with E-state index in [4.69, 9.17) is 32.7 Å². The zero-order chi connectivity index (χ0) is 23.4. The third-order valence-electron chi connectivity index (χ3n) is 5.30. The van der Waals surface area contributed by atoms with Crippen LogP contribution in [0, 0.1) is 5.82 Å². The molecule has 0 unspecified atom stereocenters. The molecule has 7 nitrogen and oxygen atoms in total. The number of rotatable bonds is 6. The number of halogens is 3. The molecule has 0 radical (unpaired) electrons. The van der Waals surface area contributed by atoms with E-state index in [1.807, 2.05) is 36.4 Å². The molecule has 4 rings (SSSR count). The average Bonchev–Trinajstić information content (AvgIpc) is 2.83. The number of carbonyl (C=O) groups is 1.